The minimum absolute atomic E-state index is 0.0728. The molecule has 1 aromatic carbocycles. The van der Waals surface area contributed by atoms with Crippen LogP contribution in [0.25, 0.3) is 11.1 Å². The molecule has 0 spiro atoms. The van der Waals surface area contributed by atoms with Gasteiger partial charge in [0.25, 0.3) is 6.01 Å². The van der Waals surface area contributed by atoms with Crippen molar-refractivity contribution < 1.29 is 4.42 Å². The van der Waals surface area contributed by atoms with Crippen LogP contribution in [0.1, 0.15) is 6.92 Å². The van der Waals surface area contributed by atoms with Crippen LogP contribution in [0.5, 0.6) is 0 Å². The molecule has 0 aliphatic carbocycles. The zero-order valence-corrected chi connectivity index (χ0v) is 10.0. The fourth-order valence-electron chi connectivity index (χ4n) is 1.56. The normalized spacial score (nSPS) is 13.0. The van der Waals surface area contributed by atoms with Crippen molar-refractivity contribution in [2.24, 2.45) is 5.73 Å². The van der Waals surface area contributed by atoms with E-state index in [2.05, 4.69) is 4.98 Å². The number of oxazole rings is 1. The summed E-state index contributed by atoms with van der Waals surface area (Å²) < 4.78 is 5.59. The van der Waals surface area contributed by atoms with E-state index in [4.69, 9.17) is 21.8 Å². The maximum absolute atomic E-state index is 5.88. The Hall–Kier alpha value is -1.26. The van der Waals surface area contributed by atoms with Crippen molar-refractivity contribution in [3.05, 3.63) is 23.2 Å². The number of rotatable bonds is 3. The van der Waals surface area contributed by atoms with Crippen molar-refractivity contribution in [2.45, 2.75) is 13.0 Å². The number of likely N-dealkylation sites (N-methyl/N-ethyl adjacent to an activating group) is 1. The van der Waals surface area contributed by atoms with Crippen molar-refractivity contribution in [3.8, 4) is 0 Å². The number of benzene rings is 1. The predicted molar refractivity (Wildman–Crippen MR) is 65.9 cm³/mol. The molecule has 0 aliphatic heterocycles. The number of fused-ring (bicyclic) bond motifs is 1. The molecule has 2 aromatic rings. The van der Waals surface area contributed by atoms with Gasteiger partial charge in [0.05, 0.1) is 0 Å². The monoisotopic (exact) mass is 239 g/mol. The molecule has 0 aliphatic rings. The van der Waals surface area contributed by atoms with Gasteiger partial charge in [-0.2, -0.15) is 4.98 Å². The molecule has 1 aromatic heterocycles. The summed E-state index contributed by atoms with van der Waals surface area (Å²) in [6.45, 7) is 2.64. The van der Waals surface area contributed by atoms with Crippen LogP contribution in [0.15, 0.2) is 22.6 Å². The number of anilines is 1. The second-order valence-corrected chi connectivity index (χ2v) is 4.40. The minimum Gasteiger partial charge on any atom is -0.423 e. The number of hydrogen-bond acceptors (Lipinski definition) is 4. The molecule has 0 radical (unpaired) electrons. The lowest BCUT2D eigenvalue weighted by molar-refractivity contribution is 0.569. The third-order valence-electron chi connectivity index (χ3n) is 2.23. The van der Waals surface area contributed by atoms with E-state index < -0.39 is 0 Å². The van der Waals surface area contributed by atoms with Crippen LogP contribution >= 0.6 is 11.6 Å². The molecule has 4 nitrogen and oxygen atoms in total. The van der Waals surface area contributed by atoms with Gasteiger partial charge in [0.15, 0.2) is 5.58 Å². The molecular weight excluding hydrogens is 226 g/mol. The number of aromatic nitrogens is 1. The van der Waals surface area contributed by atoms with Crippen molar-refractivity contribution in [2.75, 3.05) is 18.5 Å². The van der Waals surface area contributed by atoms with Crippen LogP contribution in [0.2, 0.25) is 5.02 Å². The lowest BCUT2D eigenvalue weighted by Crippen LogP contribution is -2.32. The molecule has 1 atom stereocenters. The number of hydrogen-bond donors (Lipinski definition) is 1. The summed E-state index contributed by atoms with van der Waals surface area (Å²) in [4.78, 5) is 6.23. The highest BCUT2D eigenvalue weighted by molar-refractivity contribution is 6.31. The van der Waals surface area contributed by atoms with Gasteiger partial charge in [-0.25, -0.2) is 0 Å². The van der Waals surface area contributed by atoms with Crippen LogP contribution < -0.4 is 10.6 Å². The Balaban J connectivity index is 2.32. The van der Waals surface area contributed by atoms with Crippen LogP contribution in [0.4, 0.5) is 6.01 Å². The van der Waals surface area contributed by atoms with E-state index in [1.165, 1.54) is 0 Å². The number of nitrogens with zero attached hydrogens (tertiary/aromatic N) is 2. The van der Waals surface area contributed by atoms with Gasteiger partial charge in [-0.1, -0.05) is 11.6 Å². The van der Waals surface area contributed by atoms with Crippen molar-refractivity contribution in [1.82, 2.24) is 4.98 Å². The first-order chi connectivity index (χ1) is 7.56. The first kappa shape index (κ1) is 11.2. The third-order valence-corrected chi connectivity index (χ3v) is 2.46. The van der Waals surface area contributed by atoms with E-state index in [9.17, 15) is 0 Å². The smallest absolute Gasteiger partial charge is 0.298 e. The van der Waals surface area contributed by atoms with Gasteiger partial charge in [-0.15, -0.1) is 0 Å². The number of halogens is 1. The molecule has 5 heteroatoms. The third kappa shape index (κ3) is 2.28. The van der Waals surface area contributed by atoms with Gasteiger partial charge in [-0.3, -0.25) is 0 Å². The summed E-state index contributed by atoms with van der Waals surface area (Å²) in [7, 11) is 1.90. The highest BCUT2D eigenvalue weighted by Crippen LogP contribution is 2.23. The zero-order chi connectivity index (χ0) is 11.7. The van der Waals surface area contributed by atoms with Gasteiger partial charge in [0.2, 0.25) is 0 Å². The standard InChI is InChI=1S/C11H14ClN3O/c1-7(13)6-15(2)11-14-9-5-8(12)3-4-10(9)16-11/h3-5,7H,6,13H2,1-2H3. The zero-order valence-electron chi connectivity index (χ0n) is 9.27. The fourth-order valence-corrected chi connectivity index (χ4v) is 1.73. The van der Waals surface area contributed by atoms with E-state index in [0.29, 0.717) is 17.6 Å². The lowest BCUT2D eigenvalue weighted by Gasteiger charge is -2.16. The number of nitrogens with two attached hydrogens (primary N) is 1. The van der Waals surface area contributed by atoms with Crippen LogP contribution in [-0.4, -0.2) is 24.6 Å². The first-order valence-corrected chi connectivity index (χ1v) is 5.47. The lowest BCUT2D eigenvalue weighted by atomic mass is 10.3. The average Bonchev–Trinajstić information content (AvgIpc) is 2.59. The Kier molecular flexibility index (Phi) is 3.03. The van der Waals surface area contributed by atoms with Crippen LogP contribution in [0, 0.1) is 0 Å². The molecule has 2 N–H and O–H groups in total. The van der Waals surface area contributed by atoms with Crippen LogP contribution in [-0.2, 0) is 0 Å². The molecule has 0 saturated carbocycles. The van der Waals surface area contributed by atoms with Gasteiger partial charge >= 0.3 is 0 Å². The van der Waals surface area contributed by atoms with E-state index >= 15 is 0 Å². The van der Waals surface area contributed by atoms with Gasteiger partial charge < -0.3 is 15.1 Å². The molecule has 0 amide bonds. The molecular formula is C11H14ClN3O. The molecule has 1 heterocycles. The van der Waals surface area contributed by atoms with Gasteiger partial charge in [-0.05, 0) is 25.1 Å². The Morgan fingerprint density at radius 1 is 1.56 bits per heavy atom. The van der Waals surface area contributed by atoms with Gasteiger partial charge in [0.1, 0.15) is 5.52 Å². The van der Waals surface area contributed by atoms with E-state index in [1.54, 1.807) is 12.1 Å². The van der Waals surface area contributed by atoms with Crippen molar-refractivity contribution in [1.29, 1.82) is 0 Å². The quantitative estimate of drug-likeness (QED) is 0.893. The summed E-state index contributed by atoms with van der Waals surface area (Å²) in [5.41, 5.74) is 7.21. The topological polar surface area (TPSA) is 55.3 Å². The van der Waals surface area contributed by atoms with E-state index in [1.807, 2.05) is 24.9 Å². The summed E-state index contributed by atoms with van der Waals surface area (Å²) >= 11 is 5.88. The second-order valence-electron chi connectivity index (χ2n) is 3.97. The molecule has 2 rings (SSSR count). The molecule has 0 fully saturated rings. The highest BCUT2D eigenvalue weighted by atomic mass is 35.5. The maximum Gasteiger partial charge on any atom is 0.298 e. The summed E-state index contributed by atoms with van der Waals surface area (Å²) in [5, 5.41) is 0.655. The van der Waals surface area contributed by atoms with Gasteiger partial charge in [0, 0.05) is 24.7 Å². The SMILES string of the molecule is CC(N)CN(C)c1nc2cc(Cl)ccc2o1. The van der Waals surface area contributed by atoms with Crippen molar-refractivity contribution in [3.63, 3.8) is 0 Å². The second kappa shape index (κ2) is 4.31. The molecule has 16 heavy (non-hydrogen) atoms. The highest BCUT2D eigenvalue weighted by Gasteiger charge is 2.11. The summed E-state index contributed by atoms with van der Waals surface area (Å²) in [6, 6.07) is 6.01. The fraction of sp³-hybridized carbons (Fsp3) is 0.364. The summed E-state index contributed by atoms with van der Waals surface area (Å²) in [6.07, 6.45) is 0. The molecule has 86 valence electrons. The Morgan fingerprint density at radius 2 is 2.31 bits per heavy atom. The average molecular weight is 240 g/mol. The molecule has 1 unspecified atom stereocenters. The Morgan fingerprint density at radius 3 is 3.00 bits per heavy atom. The molecule has 0 bridgehead atoms. The van der Waals surface area contributed by atoms with Crippen molar-refractivity contribution >= 4 is 28.7 Å². The minimum atomic E-state index is 0.0728. The first-order valence-electron chi connectivity index (χ1n) is 5.09. The maximum atomic E-state index is 5.88. The van der Waals surface area contributed by atoms with Crippen LogP contribution in [0.3, 0.4) is 0 Å². The Bertz CT molecular complexity index is 495. The van der Waals surface area contributed by atoms with E-state index in [-0.39, 0.29) is 6.04 Å². The predicted octanol–water partition coefficient (Wildman–Crippen LogP) is 2.26. The van der Waals surface area contributed by atoms with E-state index in [0.717, 1.165) is 11.1 Å². The molecule has 0 saturated heterocycles. The largest absolute Gasteiger partial charge is 0.423 e. The summed E-state index contributed by atoms with van der Waals surface area (Å²) in [5.74, 6) is 0. The Labute approximate surface area is 99.0 Å².